The van der Waals surface area contributed by atoms with Crippen molar-refractivity contribution in [3.63, 3.8) is 0 Å². The first-order valence-corrected chi connectivity index (χ1v) is 8.54. The van der Waals surface area contributed by atoms with Crippen LogP contribution in [0.15, 0.2) is 42.6 Å². The van der Waals surface area contributed by atoms with E-state index in [1.54, 1.807) is 37.6 Å². The molecule has 1 aliphatic rings. The van der Waals surface area contributed by atoms with Gasteiger partial charge in [-0.15, -0.1) is 0 Å². The van der Waals surface area contributed by atoms with E-state index in [1.807, 2.05) is 6.07 Å². The third-order valence-electron chi connectivity index (χ3n) is 4.11. The SMILES string of the molecule is COCCCN1C(=O)c2ccc(NC(=O)NCc3ccccn3)cc2C1=O. The minimum atomic E-state index is -0.422. The second kappa shape index (κ2) is 8.41. The summed E-state index contributed by atoms with van der Waals surface area (Å²) in [5.74, 6) is -0.680. The number of nitrogens with zero attached hydrogens (tertiary/aromatic N) is 2. The van der Waals surface area contributed by atoms with Crippen molar-refractivity contribution < 1.29 is 19.1 Å². The zero-order valence-corrected chi connectivity index (χ0v) is 14.9. The number of urea groups is 1. The Morgan fingerprint density at radius 3 is 2.70 bits per heavy atom. The number of amides is 4. The predicted octanol–water partition coefficient (Wildman–Crippen LogP) is 2.04. The van der Waals surface area contributed by atoms with Crippen molar-refractivity contribution in [2.75, 3.05) is 25.6 Å². The van der Waals surface area contributed by atoms with Crippen LogP contribution >= 0.6 is 0 Å². The fourth-order valence-corrected chi connectivity index (χ4v) is 2.79. The Morgan fingerprint density at radius 2 is 1.96 bits per heavy atom. The average molecular weight is 368 g/mol. The maximum absolute atomic E-state index is 12.5. The lowest BCUT2D eigenvalue weighted by Gasteiger charge is -2.12. The number of anilines is 1. The molecule has 27 heavy (non-hydrogen) atoms. The number of hydrogen-bond acceptors (Lipinski definition) is 5. The number of aromatic nitrogens is 1. The number of methoxy groups -OCH3 is 1. The van der Waals surface area contributed by atoms with Gasteiger partial charge in [0.2, 0.25) is 0 Å². The van der Waals surface area contributed by atoms with Gasteiger partial charge in [0.05, 0.1) is 23.4 Å². The largest absolute Gasteiger partial charge is 0.385 e. The van der Waals surface area contributed by atoms with E-state index in [1.165, 1.54) is 11.0 Å². The summed E-state index contributed by atoms with van der Waals surface area (Å²) in [5, 5.41) is 5.35. The molecule has 0 aliphatic carbocycles. The molecule has 0 unspecified atom stereocenters. The summed E-state index contributed by atoms with van der Waals surface area (Å²) in [4.78, 5) is 42.2. The van der Waals surface area contributed by atoms with Crippen LogP contribution in [0.1, 0.15) is 32.8 Å². The highest BCUT2D eigenvalue weighted by Crippen LogP contribution is 2.26. The molecule has 8 nitrogen and oxygen atoms in total. The molecule has 0 bridgehead atoms. The molecule has 0 spiro atoms. The molecule has 1 aromatic heterocycles. The quantitative estimate of drug-likeness (QED) is 0.575. The van der Waals surface area contributed by atoms with Crippen molar-refractivity contribution in [1.82, 2.24) is 15.2 Å². The maximum Gasteiger partial charge on any atom is 0.319 e. The first-order chi connectivity index (χ1) is 13.1. The molecule has 1 aliphatic heterocycles. The van der Waals surface area contributed by atoms with E-state index in [-0.39, 0.29) is 18.4 Å². The second-order valence-corrected chi connectivity index (χ2v) is 6.00. The minimum Gasteiger partial charge on any atom is -0.385 e. The van der Waals surface area contributed by atoms with Crippen molar-refractivity contribution in [2.45, 2.75) is 13.0 Å². The van der Waals surface area contributed by atoms with Gasteiger partial charge in [0.25, 0.3) is 11.8 Å². The fraction of sp³-hybridized carbons (Fsp3) is 0.263. The third kappa shape index (κ3) is 4.29. The van der Waals surface area contributed by atoms with Gasteiger partial charge in [0.1, 0.15) is 0 Å². The molecule has 2 N–H and O–H groups in total. The summed E-state index contributed by atoms with van der Waals surface area (Å²) in [6, 6.07) is 9.69. The van der Waals surface area contributed by atoms with Crippen LogP contribution in [-0.2, 0) is 11.3 Å². The molecular formula is C19H20N4O4. The first-order valence-electron chi connectivity index (χ1n) is 8.54. The molecule has 4 amide bonds. The van der Waals surface area contributed by atoms with Crippen molar-refractivity contribution in [2.24, 2.45) is 0 Å². The van der Waals surface area contributed by atoms with Gasteiger partial charge < -0.3 is 15.4 Å². The van der Waals surface area contributed by atoms with Gasteiger partial charge in [-0.3, -0.25) is 19.5 Å². The molecule has 1 aromatic carbocycles. The van der Waals surface area contributed by atoms with E-state index in [9.17, 15) is 14.4 Å². The highest BCUT2D eigenvalue weighted by atomic mass is 16.5. The van der Waals surface area contributed by atoms with Crippen LogP contribution in [-0.4, -0.2) is 48.0 Å². The second-order valence-electron chi connectivity index (χ2n) is 6.00. The van der Waals surface area contributed by atoms with Gasteiger partial charge in [-0.1, -0.05) is 6.07 Å². The van der Waals surface area contributed by atoms with Crippen LogP contribution in [0.4, 0.5) is 10.5 Å². The first kappa shape index (κ1) is 18.5. The van der Waals surface area contributed by atoms with Gasteiger partial charge in [-0.05, 0) is 36.8 Å². The Kier molecular flexibility index (Phi) is 5.77. The Hall–Kier alpha value is -3.26. The number of carbonyl (C=O) groups excluding carboxylic acids is 3. The van der Waals surface area contributed by atoms with Crippen molar-refractivity contribution >= 4 is 23.5 Å². The summed E-state index contributed by atoms with van der Waals surface area (Å²) in [5.41, 5.74) is 1.80. The van der Waals surface area contributed by atoms with Crippen LogP contribution in [0.3, 0.4) is 0 Å². The molecule has 140 valence electrons. The van der Waals surface area contributed by atoms with Gasteiger partial charge in [0, 0.05) is 32.1 Å². The van der Waals surface area contributed by atoms with Crippen LogP contribution in [0.25, 0.3) is 0 Å². The van der Waals surface area contributed by atoms with E-state index in [0.717, 1.165) is 5.69 Å². The van der Waals surface area contributed by atoms with E-state index in [2.05, 4.69) is 15.6 Å². The smallest absolute Gasteiger partial charge is 0.319 e. The van der Waals surface area contributed by atoms with Crippen LogP contribution < -0.4 is 10.6 Å². The lowest BCUT2D eigenvalue weighted by molar-refractivity contribution is 0.0638. The number of carbonyl (C=O) groups is 3. The molecular weight excluding hydrogens is 348 g/mol. The molecule has 0 fully saturated rings. The standard InChI is InChI=1S/C19H20N4O4/c1-27-10-4-9-23-17(24)15-7-6-13(11-16(15)18(23)25)22-19(26)21-12-14-5-2-3-8-20-14/h2-3,5-8,11H,4,9-10,12H2,1H3,(H2,21,22,26). The molecule has 0 saturated carbocycles. The molecule has 0 atom stereocenters. The number of imide groups is 1. The van der Waals surface area contributed by atoms with Crippen LogP contribution in [0, 0.1) is 0 Å². The van der Waals surface area contributed by atoms with Crippen molar-refractivity contribution in [3.8, 4) is 0 Å². The maximum atomic E-state index is 12.5. The monoisotopic (exact) mass is 368 g/mol. The van der Waals surface area contributed by atoms with Gasteiger partial charge in [-0.2, -0.15) is 0 Å². The number of nitrogens with one attached hydrogen (secondary N) is 2. The van der Waals surface area contributed by atoms with Gasteiger partial charge in [0.15, 0.2) is 0 Å². The fourth-order valence-electron chi connectivity index (χ4n) is 2.79. The molecule has 2 aromatic rings. The predicted molar refractivity (Wildman–Crippen MR) is 98.4 cm³/mol. The average Bonchev–Trinajstić information content (AvgIpc) is 2.92. The number of ether oxygens (including phenoxy) is 1. The minimum absolute atomic E-state index is 0.280. The van der Waals surface area contributed by atoms with Crippen LogP contribution in [0.5, 0.6) is 0 Å². The normalized spacial score (nSPS) is 12.9. The van der Waals surface area contributed by atoms with Crippen molar-refractivity contribution in [3.05, 3.63) is 59.4 Å². The summed E-state index contributed by atoms with van der Waals surface area (Å²) >= 11 is 0. The third-order valence-corrected chi connectivity index (χ3v) is 4.11. The summed E-state index contributed by atoms with van der Waals surface area (Å²) in [7, 11) is 1.57. The number of rotatable bonds is 7. The zero-order valence-electron chi connectivity index (χ0n) is 14.9. The van der Waals surface area contributed by atoms with Crippen molar-refractivity contribution in [1.29, 1.82) is 0 Å². The van der Waals surface area contributed by atoms with E-state index >= 15 is 0 Å². The zero-order chi connectivity index (χ0) is 19.2. The Labute approximate surface area is 156 Å². The number of pyridine rings is 1. The molecule has 3 rings (SSSR count). The number of benzene rings is 1. The van der Waals surface area contributed by atoms with Gasteiger partial charge in [-0.25, -0.2) is 4.79 Å². The lowest BCUT2D eigenvalue weighted by atomic mass is 10.1. The Morgan fingerprint density at radius 1 is 1.15 bits per heavy atom. The Bertz CT molecular complexity index is 854. The van der Waals surface area contributed by atoms with E-state index in [0.29, 0.717) is 36.4 Å². The molecule has 0 radical (unpaired) electrons. The topological polar surface area (TPSA) is 101 Å². The Balaban J connectivity index is 1.62. The van der Waals surface area contributed by atoms with Gasteiger partial charge >= 0.3 is 6.03 Å². The molecule has 0 saturated heterocycles. The van der Waals surface area contributed by atoms with E-state index in [4.69, 9.17) is 4.74 Å². The molecule has 8 heteroatoms. The lowest BCUT2D eigenvalue weighted by Crippen LogP contribution is -2.31. The summed E-state index contributed by atoms with van der Waals surface area (Å²) in [6.45, 7) is 1.05. The van der Waals surface area contributed by atoms with Crippen LogP contribution in [0.2, 0.25) is 0 Å². The summed E-state index contributed by atoms with van der Waals surface area (Å²) < 4.78 is 4.96. The highest BCUT2D eigenvalue weighted by Gasteiger charge is 2.35. The molecule has 2 heterocycles. The number of fused-ring (bicyclic) bond motifs is 1. The highest BCUT2D eigenvalue weighted by molar-refractivity contribution is 6.21. The summed E-state index contributed by atoms with van der Waals surface area (Å²) in [6.07, 6.45) is 2.22. The van der Waals surface area contributed by atoms with E-state index < -0.39 is 6.03 Å². The number of hydrogen-bond donors (Lipinski definition) is 2.